The van der Waals surface area contributed by atoms with E-state index in [1.54, 1.807) is 30.5 Å². The Morgan fingerprint density at radius 3 is 2.65 bits per heavy atom. The van der Waals surface area contributed by atoms with Crippen molar-refractivity contribution < 1.29 is 17.6 Å². The Morgan fingerprint density at radius 1 is 1.30 bits per heavy atom. The highest BCUT2D eigenvalue weighted by atomic mass is 32.2. The molecule has 1 fully saturated rings. The van der Waals surface area contributed by atoms with Gasteiger partial charge in [0.25, 0.3) is 0 Å². The number of hydrogen-bond acceptors (Lipinski definition) is 5. The van der Waals surface area contributed by atoms with E-state index < -0.39 is 10.0 Å². The molecule has 0 saturated carbocycles. The van der Waals surface area contributed by atoms with Crippen LogP contribution in [-0.4, -0.2) is 30.9 Å². The van der Waals surface area contributed by atoms with Crippen molar-refractivity contribution in [2.24, 2.45) is 0 Å². The summed E-state index contributed by atoms with van der Waals surface area (Å²) in [6.07, 6.45) is 1.54. The van der Waals surface area contributed by atoms with Crippen LogP contribution in [0.3, 0.4) is 0 Å². The van der Waals surface area contributed by atoms with Crippen LogP contribution in [0.2, 0.25) is 0 Å². The van der Waals surface area contributed by atoms with Crippen LogP contribution in [0.25, 0.3) is 0 Å². The van der Waals surface area contributed by atoms with Crippen molar-refractivity contribution in [3.63, 3.8) is 0 Å². The highest BCUT2D eigenvalue weighted by Crippen LogP contribution is 2.41. The molecular formula is C15H16N2O4S2. The number of sulfonamides is 1. The third-order valence-corrected chi connectivity index (χ3v) is 6.65. The van der Waals surface area contributed by atoms with Gasteiger partial charge in [-0.1, -0.05) is 0 Å². The van der Waals surface area contributed by atoms with Crippen LogP contribution in [-0.2, 0) is 14.8 Å². The fourth-order valence-electron chi connectivity index (χ4n) is 2.41. The number of nitrogens with one attached hydrogen (secondary N) is 1. The largest absolute Gasteiger partial charge is 0.467 e. The normalized spacial score (nSPS) is 18.9. The number of thioether (sulfide) groups is 1. The quantitative estimate of drug-likeness (QED) is 0.915. The molecule has 2 aromatic rings. The minimum Gasteiger partial charge on any atom is -0.467 e. The Kier molecular flexibility index (Phi) is 4.47. The Balaban J connectivity index is 1.87. The van der Waals surface area contributed by atoms with Gasteiger partial charge in [-0.2, -0.15) is 4.31 Å². The topological polar surface area (TPSA) is 79.6 Å². The number of amides is 1. The lowest BCUT2D eigenvalue weighted by molar-refractivity contribution is -0.114. The maximum absolute atomic E-state index is 12.9. The Bertz CT molecular complexity index is 785. The summed E-state index contributed by atoms with van der Waals surface area (Å²) < 4.78 is 32.5. The molecule has 1 atom stereocenters. The average molecular weight is 352 g/mol. The van der Waals surface area contributed by atoms with Crippen molar-refractivity contribution in [2.75, 3.05) is 17.6 Å². The third-order valence-electron chi connectivity index (χ3n) is 3.42. The molecule has 1 aromatic carbocycles. The number of nitrogens with zero attached hydrogens (tertiary/aromatic N) is 1. The van der Waals surface area contributed by atoms with Crippen molar-refractivity contribution in [3.8, 4) is 0 Å². The highest BCUT2D eigenvalue weighted by molar-refractivity contribution is 8.00. The lowest BCUT2D eigenvalue weighted by atomic mass is 10.3. The molecule has 23 heavy (non-hydrogen) atoms. The zero-order valence-corrected chi connectivity index (χ0v) is 14.1. The fraction of sp³-hybridized carbons (Fsp3) is 0.267. The molecule has 1 aliphatic rings. The van der Waals surface area contributed by atoms with Gasteiger partial charge in [0.15, 0.2) is 0 Å². The second kappa shape index (κ2) is 6.38. The van der Waals surface area contributed by atoms with Gasteiger partial charge in [0.05, 0.1) is 11.2 Å². The molecule has 2 heterocycles. The first-order valence-corrected chi connectivity index (χ1v) is 9.52. The van der Waals surface area contributed by atoms with E-state index in [4.69, 9.17) is 4.42 Å². The van der Waals surface area contributed by atoms with E-state index in [0.717, 1.165) is 0 Å². The van der Waals surface area contributed by atoms with Crippen LogP contribution in [0.15, 0.2) is 52.0 Å². The van der Waals surface area contributed by atoms with Crippen LogP contribution in [0.4, 0.5) is 5.69 Å². The monoisotopic (exact) mass is 352 g/mol. The summed E-state index contributed by atoms with van der Waals surface area (Å²) in [5.74, 6) is 1.15. The second-order valence-corrected chi connectivity index (χ2v) is 8.14. The first-order valence-electron chi connectivity index (χ1n) is 7.03. The van der Waals surface area contributed by atoms with Crippen molar-refractivity contribution >= 4 is 33.4 Å². The van der Waals surface area contributed by atoms with Gasteiger partial charge in [-0.25, -0.2) is 8.42 Å². The minimum absolute atomic E-state index is 0.200. The molecule has 0 aliphatic carbocycles. The Labute approximate surface area is 138 Å². The average Bonchev–Trinajstić information content (AvgIpc) is 3.18. The van der Waals surface area contributed by atoms with E-state index in [1.807, 2.05) is 0 Å². The summed E-state index contributed by atoms with van der Waals surface area (Å²) in [7, 11) is -3.62. The summed E-state index contributed by atoms with van der Waals surface area (Å²) in [6.45, 7) is 1.84. The summed E-state index contributed by atoms with van der Waals surface area (Å²) in [5, 5.41) is 2.28. The number of furan rings is 1. The molecule has 6 nitrogen and oxygen atoms in total. The first kappa shape index (κ1) is 16.1. The van der Waals surface area contributed by atoms with E-state index in [0.29, 0.717) is 23.7 Å². The van der Waals surface area contributed by atoms with Crippen LogP contribution in [0.1, 0.15) is 18.1 Å². The summed E-state index contributed by atoms with van der Waals surface area (Å²) in [6, 6.07) is 9.71. The first-order chi connectivity index (χ1) is 11.0. The fourth-order valence-corrected chi connectivity index (χ4v) is 5.58. The molecule has 1 aromatic heterocycles. The number of rotatable bonds is 4. The van der Waals surface area contributed by atoms with E-state index >= 15 is 0 Å². The predicted molar refractivity (Wildman–Crippen MR) is 88.5 cm³/mol. The predicted octanol–water partition coefficient (Wildman–Crippen LogP) is 2.67. The van der Waals surface area contributed by atoms with Gasteiger partial charge in [0.1, 0.15) is 11.1 Å². The summed E-state index contributed by atoms with van der Waals surface area (Å²) in [5.41, 5.74) is 0.565. The molecule has 1 aliphatic heterocycles. The molecule has 122 valence electrons. The SMILES string of the molecule is CC(=O)Nc1ccc(S(=O)(=O)N2CCS[C@H]2c2ccco2)cc1. The number of hydrogen-bond donors (Lipinski definition) is 1. The Morgan fingerprint density at radius 2 is 2.04 bits per heavy atom. The van der Waals surface area contributed by atoms with Gasteiger partial charge in [0, 0.05) is 24.9 Å². The van der Waals surface area contributed by atoms with E-state index in [1.165, 1.54) is 35.1 Å². The maximum atomic E-state index is 12.9. The van der Waals surface area contributed by atoms with Crippen LogP contribution < -0.4 is 5.32 Å². The summed E-state index contributed by atoms with van der Waals surface area (Å²) >= 11 is 1.54. The second-order valence-electron chi connectivity index (χ2n) is 5.06. The van der Waals surface area contributed by atoms with Crippen molar-refractivity contribution in [1.82, 2.24) is 4.31 Å². The molecule has 8 heteroatoms. The smallest absolute Gasteiger partial charge is 0.244 e. The molecule has 0 unspecified atom stereocenters. The highest BCUT2D eigenvalue weighted by Gasteiger charge is 2.38. The standard InChI is InChI=1S/C15H16N2O4S2/c1-11(18)16-12-4-6-13(7-5-12)23(19,20)17-8-10-22-15(17)14-3-2-9-21-14/h2-7,9,15H,8,10H2,1H3,(H,16,18)/t15-/m0/s1. The lowest BCUT2D eigenvalue weighted by Crippen LogP contribution is -2.30. The van der Waals surface area contributed by atoms with Crippen molar-refractivity contribution in [1.29, 1.82) is 0 Å². The number of carbonyl (C=O) groups excluding carboxylic acids is 1. The molecular weight excluding hydrogens is 336 g/mol. The van der Waals surface area contributed by atoms with Gasteiger partial charge in [-0.15, -0.1) is 11.8 Å². The Hall–Kier alpha value is -1.77. The van der Waals surface area contributed by atoms with Crippen LogP contribution in [0, 0.1) is 0 Å². The molecule has 0 bridgehead atoms. The van der Waals surface area contributed by atoms with E-state index in [-0.39, 0.29) is 16.2 Å². The number of carbonyl (C=O) groups is 1. The zero-order chi connectivity index (χ0) is 16.4. The molecule has 0 spiro atoms. The molecule has 0 radical (unpaired) electrons. The molecule has 1 amide bonds. The number of benzene rings is 1. The molecule has 1 N–H and O–H groups in total. The van der Waals surface area contributed by atoms with Gasteiger partial charge < -0.3 is 9.73 Å². The minimum atomic E-state index is -3.62. The zero-order valence-electron chi connectivity index (χ0n) is 12.4. The van der Waals surface area contributed by atoms with E-state index in [9.17, 15) is 13.2 Å². The van der Waals surface area contributed by atoms with Gasteiger partial charge in [-0.05, 0) is 36.4 Å². The maximum Gasteiger partial charge on any atom is 0.244 e. The van der Waals surface area contributed by atoms with Crippen molar-refractivity contribution in [2.45, 2.75) is 17.2 Å². The van der Waals surface area contributed by atoms with E-state index in [2.05, 4.69) is 5.32 Å². The number of anilines is 1. The summed E-state index contributed by atoms with van der Waals surface area (Å²) in [4.78, 5) is 11.2. The van der Waals surface area contributed by atoms with Gasteiger partial charge in [0.2, 0.25) is 15.9 Å². The van der Waals surface area contributed by atoms with Crippen LogP contribution >= 0.6 is 11.8 Å². The van der Waals surface area contributed by atoms with Gasteiger partial charge >= 0.3 is 0 Å². The van der Waals surface area contributed by atoms with Crippen molar-refractivity contribution in [3.05, 3.63) is 48.4 Å². The lowest BCUT2D eigenvalue weighted by Gasteiger charge is -2.21. The molecule has 1 saturated heterocycles. The molecule has 3 rings (SSSR count). The van der Waals surface area contributed by atoms with Gasteiger partial charge in [-0.3, -0.25) is 4.79 Å². The van der Waals surface area contributed by atoms with Crippen LogP contribution in [0.5, 0.6) is 0 Å². The third kappa shape index (κ3) is 3.29.